The van der Waals surface area contributed by atoms with E-state index in [0.717, 1.165) is 26.1 Å². The first-order valence-electron chi connectivity index (χ1n) is 9.99. The number of fused-ring (bicyclic) bond motifs is 1. The quantitative estimate of drug-likeness (QED) is 0.791. The van der Waals surface area contributed by atoms with Gasteiger partial charge in [0, 0.05) is 56.1 Å². The predicted octanol–water partition coefficient (Wildman–Crippen LogP) is 2.59. The maximum atomic E-state index is 14.1. The predicted molar refractivity (Wildman–Crippen MR) is 106 cm³/mol. The van der Waals surface area contributed by atoms with Crippen LogP contribution in [0.3, 0.4) is 0 Å². The maximum absolute atomic E-state index is 14.1. The molecule has 1 amide bonds. The first-order valence-corrected chi connectivity index (χ1v) is 9.99. The average Bonchev–Trinajstić information content (AvgIpc) is 2.95. The van der Waals surface area contributed by atoms with E-state index in [1.807, 2.05) is 17.0 Å². The minimum absolute atomic E-state index is 0.140. The van der Waals surface area contributed by atoms with Gasteiger partial charge in [0.25, 0.3) is 5.91 Å². The van der Waals surface area contributed by atoms with Crippen molar-refractivity contribution in [3.63, 3.8) is 0 Å². The molecule has 2 fully saturated rings. The lowest BCUT2D eigenvalue weighted by molar-refractivity contribution is 0.0370. The Hall–Kier alpha value is -2.51. The summed E-state index contributed by atoms with van der Waals surface area (Å²) in [4.78, 5) is 21.4. The third-order valence-electron chi connectivity index (χ3n) is 5.87. The van der Waals surface area contributed by atoms with Crippen LogP contribution in [-0.2, 0) is 11.3 Å². The van der Waals surface area contributed by atoms with Crippen molar-refractivity contribution in [1.29, 1.82) is 0 Å². The molecule has 4 rings (SSSR count). The lowest BCUT2D eigenvalue weighted by Crippen LogP contribution is -2.54. The number of pyridine rings is 1. The Balaban J connectivity index is 1.51. The number of hydrogen-bond acceptors (Lipinski definition) is 5. The van der Waals surface area contributed by atoms with Crippen LogP contribution in [0.1, 0.15) is 22.3 Å². The van der Waals surface area contributed by atoms with Gasteiger partial charge in [-0.1, -0.05) is 0 Å². The summed E-state index contributed by atoms with van der Waals surface area (Å²) in [5.41, 5.74) is 1.55. The van der Waals surface area contributed by atoms with Crippen LogP contribution < -0.4 is 4.74 Å². The van der Waals surface area contributed by atoms with Crippen molar-refractivity contribution in [3.8, 4) is 5.75 Å². The molecule has 0 aliphatic carbocycles. The van der Waals surface area contributed by atoms with Crippen molar-refractivity contribution >= 4 is 5.91 Å². The van der Waals surface area contributed by atoms with Crippen LogP contribution in [0.4, 0.5) is 4.39 Å². The molecular weight excluding hydrogens is 373 g/mol. The first-order chi connectivity index (χ1) is 14.2. The Morgan fingerprint density at radius 3 is 2.86 bits per heavy atom. The van der Waals surface area contributed by atoms with Crippen LogP contribution in [0.5, 0.6) is 5.75 Å². The smallest absolute Gasteiger partial charge is 0.254 e. The number of carbonyl (C=O) groups is 1. The Morgan fingerprint density at radius 2 is 2.10 bits per heavy atom. The van der Waals surface area contributed by atoms with Crippen LogP contribution in [0.2, 0.25) is 0 Å². The molecule has 6 nitrogen and oxygen atoms in total. The zero-order valence-corrected chi connectivity index (χ0v) is 16.6. The molecule has 0 unspecified atom stereocenters. The molecule has 3 heterocycles. The Morgan fingerprint density at radius 1 is 1.28 bits per heavy atom. The molecule has 7 heteroatoms. The van der Waals surface area contributed by atoms with Gasteiger partial charge in [-0.05, 0) is 42.3 Å². The van der Waals surface area contributed by atoms with Crippen molar-refractivity contribution in [3.05, 3.63) is 59.7 Å². The van der Waals surface area contributed by atoms with Crippen molar-refractivity contribution < 1.29 is 18.7 Å². The normalized spacial score (nSPS) is 22.6. The summed E-state index contributed by atoms with van der Waals surface area (Å²) in [6.07, 6.45) is 4.48. The maximum Gasteiger partial charge on any atom is 0.254 e. The molecule has 2 aromatic rings. The highest BCUT2D eigenvalue weighted by Crippen LogP contribution is 2.28. The second-order valence-electron chi connectivity index (χ2n) is 7.62. The van der Waals surface area contributed by atoms with Crippen LogP contribution in [0.25, 0.3) is 0 Å². The zero-order valence-electron chi connectivity index (χ0n) is 16.6. The standard InChI is InChI=1S/C22H26FN3O3/c1-28-21-3-2-17(12-19(21)23)22(27)26-9-6-18-15-29-11-10-25(20(18)14-26)13-16-4-7-24-8-5-16/h2-5,7-8,12,18,20H,6,9-11,13-15H2,1H3/t18-,20-/m1/s1. The fourth-order valence-corrected chi connectivity index (χ4v) is 4.26. The SMILES string of the molecule is COc1ccc(C(=O)N2CC[C@@H]3COCCN(Cc4ccncc4)[C@@H]3C2)cc1F. The highest BCUT2D eigenvalue weighted by molar-refractivity contribution is 5.94. The van der Waals surface area contributed by atoms with Gasteiger partial charge < -0.3 is 14.4 Å². The van der Waals surface area contributed by atoms with E-state index in [1.165, 1.54) is 24.8 Å². The number of hydrogen-bond donors (Lipinski definition) is 0. The summed E-state index contributed by atoms with van der Waals surface area (Å²) in [5, 5.41) is 0. The number of likely N-dealkylation sites (tertiary alicyclic amines) is 1. The molecule has 154 valence electrons. The van der Waals surface area contributed by atoms with Crippen molar-refractivity contribution in [2.24, 2.45) is 5.92 Å². The molecule has 0 N–H and O–H groups in total. The lowest BCUT2D eigenvalue weighted by atomic mass is 9.90. The molecule has 2 saturated heterocycles. The molecule has 0 radical (unpaired) electrons. The molecular formula is C22H26FN3O3. The molecule has 0 saturated carbocycles. The summed E-state index contributed by atoms with van der Waals surface area (Å²) in [6, 6.07) is 8.65. The van der Waals surface area contributed by atoms with Gasteiger partial charge in [0.2, 0.25) is 0 Å². The topological polar surface area (TPSA) is 54.9 Å². The highest BCUT2D eigenvalue weighted by atomic mass is 19.1. The fourth-order valence-electron chi connectivity index (χ4n) is 4.26. The zero-order chi connectivity index (χ0) is 20.2. The molecule has 0 bridgehead atoms. The van der Waals surface area contributed by atoms with E-state index in [-0.39, 0.29) is 17.7 Å². The molecule has 0 spiro atoms. The Labute approximate surface area is 170 Å². The van der Waals surface area contributed by atoms with E-state index in [4.69, 9.17) is 9.47 Å². The van der Waals surface area contributed by atoms with Gasteiger partial charge in [-0.3, -0.25) is 14.7 Å². The van der Waals surface area contributed by atoms with Crippen molar-refractivity contribution in [2.75, 3.05) is 40.0 Å². The summed E-state index contributed by atoms with van der Waals surface area (Å²) < 4.78 is 24.9. The number of carbonyl (C=O) groups excluding carboxylic acids is 1. The van der Waals surface area contributed by atoms with E-state index in [0.29, 0.717) is 31.2 Å². The van der Waals surface area contributed by atoms with Gasteiger partial charge in [-0.2, -0.15) is 0 Å². The minimum Gasteiger partial charge on any atom is -0.494 e. The first kappa shape index (κ1) is 19.8. The average molecular weight is 399 g/mol. The number of nitrogens with zero attached hydrogens (tertiary/aromatic N) is 3. The Kier molecular flexibility index (Phi) is 6.06. The second kappa shape index (κ2) is 8.88. The van der Waals surface area contributed by atoms with Crippen LogP contribution >= 0.6 is 0 Å². The molecule has 2 aliphatic rings. The number of ether oxygens (including phenoxy) is 2. The number of benzene rings is 1. The van der Waals surface area contributed by atoms with E-state index < -0.39 is 5.82 Å². The molecule has 1 aromatic carbocycles. The van der Waals surface area contributed by atoms with Gasteiger partial charge in [0.15, 0.2) is 11.6 Å². The minimum atomic E-state index is -0.518. The van der Waals surface area contributed by atoms with E-state index in [1.54, 1.807) is 18.5 Å². The summed E-state index contributed by atoms with van der Waals surface area (Å²) >= 11 is 0. The number of rotatable bonds is 4. The summed E-state index contributed by atoms with van der Waals surface area (Å²) in [6.45, 7) is 4.30. The number of aromatic nitrogens is 1. The fraction of sp³-hybridized carbons (Fsp3) is 0.455. The van der Waals surface area contributed by atoms with Gasteiger partial charge in [-0.15, -0.1) is 0 Å². The van der Waals surface area contributed by atoms with Gasteiger partial charge in [0.1, 0.15) is 0 Å². The highest BCUT2D eigenvalue weighted by Gasteiger charge is 2.37. The van der Waals surface area contributed by atoms with Gasteiger partial charge >= 0.3 is 0 Å². The molecule has 1 aromatic heterocycles. The number of halogens is 1. The van der Waals surface area contributed by atoms with Crippen LogP contribution in [-0.4, -0.2) is 66.7 Å². The lowest BCUT2D eigenvalue weighted by Gasteiger charge is -2.42. The van der Waals surface area contributed by atoms with E-state index in [2.05, 4.69) is 9.88 Å². The van der Waals surface area contributed by atoms with Crippen molar-refractivity contribution in [1.82, 2.24) is 14.8 Å². The van der Waals surface area contributed by atoms with E-state index >= 15 is 0 Å². The third-order valence-corrected chi connectivity index (χ3v) is 5.87. The third kappa shape index (κ3) is 4.41. The molecule has 29 heavy (non-hydrogen) atoms. The second-order valence-corrected chi connectivity index (χ2v) is 7.62. The molecule has 2 atom stereocenters. The van der Waals surface area contributed by atoms with Crippen molar-refractivity contribution in [2.45, 2.75) is 19.0 Å². The summed E-state index contributed by atoms with van der Waals surface area (Å²) in [5.74, 6) is -0.130. The number of amides is 1. The summed E-state index contributed by atoms with van der Waals surface area (Å²) in [7, 11) is 1.41. The van der Waals surface area contributed by atoms with E-state index in [9.17, 15) is 9.18 Å². The Bertz CT molecular complexity index is 848. The van der Waals surface area contributed by atoms with Crippen LogP contribution in [0, 0.1) is 11.7 Å². The molecule has 2 aliphatic heterocycles. The van der Waals surface area contributed by atoms with Gasteiger partial charge in [0.05, 0.1) is 20.3 Å². The monoisotopic (exact) mass is 399 g/mol. The van der Waals surface area contributed by atoms with Gasteiger partial charge in [-0.25, -0.2) is 4.39 Å². The van der Waals surface area contributed by atoms with Crippen LogP contribution in [0.15, 0.2) is 42.7 Å². The number of methoxy groups -OCH3 is 1. The number of piperidine rings is 1. The largest absolute Gasteiger partial charge is 0.494 e.